The van der Waals surface area contributed by atoms with Crippen LogP contribution in [0, 0.1) is 0 Å². The number of pyridine rings is 2. The highest BCUT2D eigenvalue weighted by atomic mass is 35.5. The van der Waals surface area contributed by atoms with Crippen molar-refractivity contribution in [2.75, 3.05) is 41.7 Å². The Balaban J connectivity index is 0.000000127. The Labute approximate surface area is 477 Å². The smallest absolute Gasteiger partial charge is 0.371 e. The maximum absolute atomic E-state index is 6.47. The van der Waals surface area contributed by atoms with Crippen LogP contribution in [0.1, 0.15) is 25.7 Å². The molecule has 394 valence electrons. The lowest BCUT2D eigenvalue weighted by molar-refractivity contribution is -0.614. The van der Waals surface area contributed by atoms with E-state index in [1.807, 2.05) is 33.9 Å². The van der Waals surface area contributed by atoms with E-state index in [1.165, 1.54) is 80.8 Å². The van der Waals surface area contributed by atoms with Crippen LogP contribution in [0.25, 0.3) is 11.8 Å². The van der Waals surface area contributed by atoms with Crippen LogP contribution in [-0.4, -0.2) is 48.4 Å². The maximum atomic E-state index is 6.47. The Morgan fingerprint density at radius 3 is 0.812 bits per heavy atom. The van der Waals surface area contributed by atoms with Crippen molar-refractivity contribution in [3.63, 3.8) is 0 Å². The molecule has 5 heterocycles. The Kier molecular flexibility index (Phi) is 16.7. The molecule has 0 unspecified atom stereocenters. The highest BCUT2D eigenvalue weighted by molar-refractivity contribution is 7.20. The van der Waals surface area contributed by atoms with E-state index in [-0.39, 0.29) is 5.82 Å². The molecule has 2 fully saturated rings. The first-order valence-corrected chi connectivity index (χ1v) is 28.5. The quantitative estimate of drug-likeness (QED) is 0.0982. The van der Waals surface area contributed by atoms with Gasteiger partial charge in [0.2, 0.25) is 5.82 Å². The number of hydrogen-bond acceptors (Lipinski definition) is 5. The zero-order valence-corrected chi connectivity index (χ0v) is 45.9. The standard InChI is InChI=1S/2C24H20B.C22H26ClN7/c2*1-5-13-21(14-6-1)25(22-15-7-2-8-16-22,23-17-9-3-10-18-23)24-19-11-4-12-20-24;23-19-20(24)25-22(30-15-7-18(8-16-30)28-11-3-4-12-28)26-21(19)29-13-5-17(6-14-29)27-9-1-2-10-27/h2*1-20H;5-8,13-16H,1-4,9-12H2,(H2,24,25,26)/q2*-1;+2. The summed E-state index contributed by atoms with van der Waals surface area (Å²) in [6.45, 7) is 4.45. The fraction of sp³-hybridized carbons (Fsp3) is 0.114. The van der Waals surface area contributed by atoms with Gasteiger partial charge < -0.3 is 15.5 Å². The predicted molar refractivity (Wildman–Crippen MR) is 338 cm³/mol. The Morgan fingerprint density at radius 1 is 0.325 bits per heavy atom. The van der Waals surface area contributed by atoms with Crippen LogP contribution in [0.4, 0.5) is 17.2 Å². The number of halogens is 1. The van der Waals surface area contributed by atoms with Gasteiger partial charge in [0.05, 0.1) is 24.8 Å². The first kappa shape index (κ1) is 53.0. The maximum Gasteiger partial charge on any atom is 0.479 e. The molecule has 2 aliphatic rings. The van der Waals surface area contributed by atoms with Crippen molar-refractivity contribution >= 4 is 84.8 Å². The third kappa shape index (κ3) is 11.2. The first-order chi connectivity index (χ1) is 39.5. The van der Waals surface area contributed by atoms with Crippen LogP contribution in [-0.2, 0) is 0 Å². The van der Waals surface area contributed by atoms with Crippen molar-refractivity contribution in [3.8, 4) is 11.8 Å². The molecule has 2 aliphatic heterocycles. The first-order valence-electron chi connectivity index (χ1n) is 28.1. The van der Waals surface area contributed by atoms with Crippen LogP contribution in [0.15, 0.2) is 292 Å². The molecule has 10 heteroatoms. The topological polar surface area (TPSA) is 66.0 Å². The molecule has 0 radical (unpaired) electrons. The molecule has 0 amide bonds. The number of benzene rings is 8. The Hall–Kier alpha value is -9.04. The second-order valence-corrected chi connectivity index (χ2v) is 21.3. The number of anilines is 3. The van der Waals surface area contributed by atoms with Gasteiger partial charge in [-0.2, -0.15) is 48.3 Å². The van der Waals surface area contributed by atoms with E-state index in [0.717, 1.165) is 26.2 Å². The van der Waals surface area contributed by atoms with Gasteiger partial charge in [-0.15, -0.1) is 0 Å². The van der Waals surface area contributed by atoms with Gasteiger partial charge in [-0.25, -0.2) is 4.57 Å². The highest BCUT2D eigenvalue weighted by Gasteiger charge is 2.33. The van der Waals surface area contributed by atoms with Crippen LogP contribution < -0.4 is 68.4 Å². The number of nitrogens with two attached hydrogens (primary N) is 1. The summed E-state index contributed by atoms with van der Waals surface area (Å²) >= 11 is 6.47. The summed E-state index contributed by atoms with van der Waals surface area (Å²) in [5.41, 5.74) is 19.3. The van der Waals surface area contributed by atoms with Crippen molar-refractivity contribution in [2.24, 2.45) is 0 Å². The minimum absolute atomic E-state index is 0.268. The third-order valence-electron chi connectivity index (χ3n) is 16.3. The summed E-state index contributed by atoms with van der Waals surface area (Å²) < 4.78 is 3.76. The second-order valence-electron chi connectivity index (χ2n) is 20.9. The molecular formula is C70H66B2ClN7. The molecule has 80 heavy (non-hydrogen) atoms. The van der Waals surface area contributed by atoms with Crippen molar-refractivity contribution in [3.05, 3.63) is 297 Å². The Bertz CT molecular complexity index is 3170. The average Bonchev–Trinajstić information content (AvgIpc) is 4.36. The number of nitrogens with zero attached hydrogens (tertiary/aromatic N) is 6. The number of hydrogen-bond donors (Lipinski definition) is 1. The number of rotatable bonds is 12. The molecule has 11 aromatic rings. The Morgan fingerprint density at radius 2 is 0.562 bits per heavy atom. The number of nitrogen functional groups attached to an aromatic ring is 1. The monoisotopic (exact) mass is 1060 g/mol. The van der Waals surface area contributed by atoms with Crippen molar-refractivity contribution in [2.45, 2.75) is 25.7 Å². The van der Waals surface area contributed by atoms with Gasteiger partial charge in [-0.1, -0.05) is 254 Å². The van der Waals surface area contributed by atoms with Crippen molar-refractivity contribution < 1.29 is 9.13 Å². The van der Waals surface area contributed by atoms with Gasteiger partial charge in [-0.3, -0.25) is 0 Å². The van der Waals surface area contributed by atoms with Gasteiger partial charge in [0.25, 0.3) is 0 Å². The molecule has 0 aliphatic carbocycles. The largest absolute Gasteiger partial charge is 0.479 e. The SMILES string of the molecule is Nc1nc(-[n+]2ccc(N3CCCC3)cc2)nc(-[n+]2ccc(N3CCCC3)cc2)c1Cl.c1ccc([B-](c2ccccc2)(c2ccccc2)c2ccccc2)cc1.c1ccc([B-](c2ccccc2)(c2ccccc2)c2ccccc2)cc1. The summed E-state index contributed by atoms with van der Waals surface area (Å²) in [7, 11) is 0. The average molecular weight is 1060 g/mol. The lowest BCUT2D eigenvalue weighted by Gasteiger charge is -2.44. The zero-order chi connectivity index (χ0) is 54.4. The van der Waals surface area contributed by atoms with Crippen LogP contribution >= 0.6 is 11.6 Å². The predicted octanol–water partition coefficient (Wildman–Crippen LogP) is 8.59. The molecule has 3 aromatic heterocycles. The van der Waals surface area contributed by atoms with Gasteiger partial charge in [-0.05, 0) is 42.8 Å². The third-order valence-corrected chi connectivity index (χ3v) is 16.6. The molecule has 8 aromatic carbocycles. The minimum atomic E-state index is -1.22. The zero-order valence-electron chi connectivity index (χ0n) is 45.2. The van der Waals surface area contributed by atoms with Gasteiger partial charge in [0, 0.05) is 54.7 Å². The van der Waals surface area contributed by atoms with E-state index in [4.69, 9.17) is 22.3 Å². The molecule has 2 N–H and O–H groups in total. The van der Waals surface area contributed by atoms with Gasteiger partial charge in [0.15, 0.2) is 5.02 Å². The fourth-order valence-corrected chi connectivity index (χ4v) is 12.6. The van der Waals surface area contributed by atoms with Crippen LogP contribution in [0.3, 0.4) is 0 Å². The van der Waals surface area contributed by atoms with Gasteiger partial charge in [0.1, 0.15) is 12.3 Å². The fourth-order valence-electron chi connectivity index (χ4n) is 12.5. The van der Waals surface area contributed by atoms with Crippen LogP contribution in [0.5, 0.6) is 0 Å². The van der Waals surface area contributed by atoms with E-state index in [1.54, 1.807) is 0 Å². The summed E-state index contributed by atoms with van der Waals surface area (Å²) in [4.78, 5) is 13.9. The molecule has 0 atom stereocenters. The molecule has 2 saturated heterocycles. The van der Waals surface area contributed by atoms with E-state index in [0.29, 0.717) is 16.8 Å². The summed E-state index contributed by atoms with van der Waals surface area (Å²) in [6.07, 6.45) is 10.5. The molecule has 7 nitrogen and oxygen atoms in total. The molecule has 0 bridgehead atoms. The van der Waals surface area contributed by atoms with E-state index in [9.17, 15) is 0 Å². The van der Waals surface area contributed by atoms with E-state index >= 15 is 0 Å². The van der Waals surface area contributed by atoms with Crippen LogP contribution in [0.2, 0.25) is 5.02 Å². The summed E-state index contributed by atoms with van der Waals surface area (Å²) in [6, 6.07) is 95.4. The minimum Gasteiger partial charge on any atom is -0.371 e. The molecule has 0 spiro atoms. The molecule has 0 saturated carbocycles. The lowest BCUT2D eigenvalue weighted by Crippen LogP contribution is -2.74. The summed E-state index contributed by atoms with van der Waals surface area (Å²) in [5, 5.41) is 0.354. The van der Waals surface area contributed by atoms with E-state index < -0.39 is 12.3 Å². The molecule has 13 rings (SSSR count). The normalized spacial score (nSPS) is 13.2. The second kappa shape index (κ2) is 25.2. The highest BCUT2D eigenvalue weighted by Crippen LogP contribution is 2.23. The number of aromatic nitrogens is 4. The van der Waals surface area contributed by atoms with Crippen molar-refractivity contribution in [1.29, 1.82) is 0 Å². The summed E-state index contributed by atoms with van der Waals surface area (Å²) in [5.74, 6) is 1.34. The molecular weight excluding hydrogens is 996 g/mol. The van der Waals surface area contributed by atoms with Crippen molar-refractivity contribution in [1.82, 2.24) is 9.97 Å². The van der Waals surface area contributed by atoms with E-state index in [2.05, 4.69) is 282 Å². The lowest BCUT2D eigenvalue weighted by atomic mass is 9.13. The van der Waals surface area contributed by atoms with Gasteiger partial charge >= 0.3 is 11.8 Å².